The van der Waals surface area contributed by atoms with Gasteiger partial charge in [-0.25, -0.2) is 4.98 Å². The van der Waals surface area contributed by atoms with Gasteiger partial charge in [-0.3, -0.25) is 4.79 Å². The lowest BCUT2D eigenvalue weighted by Gasteiger charge is -2.11. The summed E-state index contributed by atoms with van der Waals surface area (Å²) in [7, 11) is 0. The van der Waals surface area contributed by atoms with E-state index in [2.05, 4.69) is 10.3 Å². The second-order valence-corrected chi connectivity index (χ2v) is 5.62. The predicted molar refractivity (Wildman–Crippen MR) is 75.6 cm³/mol. The van der Waals surface area contributed by atoms with Crippen LogP contribution in [0.1, 0.15) is 16.1 Å². The monoisotopic (exact) mass is 334 g/mol. The van der Waals surface area contributed by atoms with E-state index in [0.29, 0.717) is 0 Å². The Hall–Kier alpha value is -1.60. The van der Waals surface area contributed by atoms with Gasteiger partial charge in [-0.15, -0.1) is 11.3 Å². The Kier molecular flexibility index (Phi) is 4.53. The molecule has 112 valence electrons. The quantitative estimate of drug-likeness (QED) is 0.909. The Bertz CT molecular complexity index is 670. The highest BCUT2D eigenvalue weighted by molar-refractivity contribution is 7.09. The molecule has 0 saturated carbocycles. The number of amides is 1. The molecule has 1 aromatic carbocycles. The lowest BCUT2D eigenvalue weighted by atomic mass is 10.2. The summed E-state index contributed by atoms with van der Waals surface area (Å²) in [6, 6.07) is 3.26. The molecule has 0 spiro atoms. The number of nitrogens with zero attached hydrogens (tertiary/aromatic N) is 1. The van der Waals surface area contributed by atoms with Gasteiger partial charge in [0, 0.05) is 10.6 Å². The molecule has 1 heterocycles. The second-order valence-electron chi connectivity index (χ2n) is 4.28. The minimum atomic E-state index is -4.56. The number of hydrogen-bond donors (Lipinski definition) is 1. The fourth-order valence-electron chi connectivity index (χ4n) is 1.67. The minimum Gasteiger partial charge on any atom is -0.326 e. The summed E-state index contributed by atoms with van der Waals surface area (Å²) in [4.78, 5) is 16.6. The Morgan fingerprint density at radius 2 is 2.14 bits per heavy atom. The number of hydrogen-bond acceptors (Lipinski definition) is 3. The van der Waals surface area contributed by atoms with Crippen molar-refractivity contribution < 1.29 is 18.0 Å². The number of carbonyl (C=O) groups excluding carboxylic acids is 1. The standard InChI is InChI=1S/C13H10ClF3N2OS/c1-7-11(21-6-18-7)5-12(20)19-8-2-3-10(14)9(4-8)13(15,16)17/h2-4,6H,5H2,1H3,(H,19,20). The van der Waals surface area contributed by atoms with E-state index in [4.69, 9.17) is 11.6 Å². The minimum absolute atomic E-state index is 0.0545. The molecule has 0 radical (unpaired) electrons. The molecule has 8 heteroatoms. The van der Waals surface area contributed by atoms with Crippen LogP contribution in [0.5, 0.6) is 0 Å². The Labute approximate surface area is 127 Å². The molecule has 0 atom stereocenters. The molecule has 1 amide bonds. The van der Waals surface area contributed by atoms with Gasteiger partial charge in [0.1, 0.15) is 0 Å². The van der Waals surface area contributed by atoms with Gasteiger partial charge < -0.3 is 5.32 Å². The van der Waals surface area contributed by atoms with Crippen molar-refractivity contribution in [3.05, 3.63) is 44.9 Å². The van der Waals surface area contributed by atoms with Gasteiger partial charge in [0.2, 0.25) is 5.91 Å². The topological polar surface area (TPSA) is 42.0 Å². The maximum atomic E-state index is 12.7. The fraction of sp³-hybridized carbons (Fsp3) is 0.231. The van der Waals surface area contributed by atoms with Crippen LogP contribution < -0.4 is 5.32 Å². The molecular formula is C13H10ClF3N2OS. The maximum absolute atomic E-state index is 12.7. The van der Waals surface area contributed by atoms with Crippen LogP contribution in [0.15, 0.2) is 23.7 Å². The van der Waals surface area contributed by atoms with Crippen LogP contribution in [0.3, 0.4) is 0 Å². The van der Waals surface area contributed by atoms with E-state index in [9.17, 15) is 18.0 Å². The van der Waals surface area contributed by atoms with Gasteiger partial charge in [-0.1, -0.05) is 11.6 Å². The molecule has 0 aliphatic rings. The third-order valence-electron chi connectivity index (χ3n) is 2.72. The Morgan fingerprint density at radius 3 is 2.71 bits per heavy atom. The molecule has 0 fully saturated rings. The second kappa shape index (κ2) is 6.03. The lowest BCUT2D eigenvalue weighted by Crippen LogP contribution is -2.15. The van der Waals surface area contributed by atoms with E-state index in [1.54, 1.807) is 12.4 Å². The summed E-state index contributed by atoms with van der Waals surface area (Å²) in [5, 5.41) is 2.02. The van der Waals surface area contributed by atoms with Gasteiger partial charge >= 0.3 is 6.18 Å². The van der Waals surface area contributed by atoms with Crippen molar-refractivity contribution in [1.82, 2.24) is 4.98 Å². The smallest absolute Gasteiger partial charge is 0.326 e. The molecule has 0 aliphatic carbocycles. The van der Waals surface area contributed by atoms with Gasteiger partial charge in [0.05, 0.1) is 28.2 Å². The Balaban J connectivity index is 2.13. The number of halogens is 4. The van der Waals surface area contributed by atoms with Crippen LogP contribution >= 0.6 is 22.9 Å². The van der Waals surface area contributed by atoms with Gasteiger partial charge in [-0.05, 0) is 25.1 Å². The first-order chi connectivity index (χ1) is 9.77. The maximum Gasteiger partial charge on any atom is 0.417 e. The summed E-state index contributed by atoms with van der Waals surface area (Å²) >= 11 is 6.84. The van der Waals surface area contributed by atoms with E-state index in [0.717, 1.165) is 22.7 Å². The molecule has 1 N–H and O–H groups in total. The van der Waals surface area contributed by atoms with Crippen molar-refractivity contribution >= 4 is 34.5 Å². The highest BCUT2D eigenvalue weighted by Crippen LogP contribution is 2.36. The van der Waals surface area contributed by atoms with Crippen molar-refractivity contribution in [2.75, 3.05) is 5.32 Å². The first-order valence-corrected chi connectivity index (χ1v) is 7.08. The molecule has 0 aliphatic heterocycles. The molecule has 1 aromatic heterocycles. The zero-order valence-electron chi connectivity index (χ0n) is 10.8. The number of aryl methyl sites for hydroxylation is 1. The number of carbonyl (C=O) groups is 1. The fourth-order valence-corrected chi connectivity index (χ4v) is 2.67. The average Bonchev–Trinajstić information content (AvgIpc) is 2.76. The van der Waals surface area contributed by atoms with Gasteiger partial charge in [0.15, 0.2) is 0 Å². The van der Waals surface area contributed by atoms with Gasteiger partial charge in [0.25, 0.3) is 0 Å². The summed E-state index contributed by atoms with van der Waals surface area (Å²) in [6.45, 7) is 1.77. The number of alkyl halides is 3. The zero-order valence-corrected chi connectivity index (χ0v) is 12.4. The van der Waals surface area contributed by atoms with E-state index < -0.39 is 22.7 Å². The summed E-state index contributed by atoms with van der Waals surface area (Å²) in [5.74, 6) is -0.405. The predicted octanol–water partition coefficient (Wildman–Crippen LogP) is 4.30. The van der Waals surface area contributed by atoms with Crippen LogP contribution in [0.4, 0.5) is 18.9 Å². The summed E-state index contributed by atoms with van der Waals surface area (Å²) < 4.78 is 38.2. The SMILES string of the molecule is Cc1ncsc1CC(=O)Nc1ccc(Cl)c(C(F)(F)F)c1. The van der Waals surface area contributed by atoms with Gasteiger partial charge in [-0.2, -0.15) is 13.2 Å². The van der Waals surface area contributed by atoms with Crippen LogP contribution in [-0.4, -0.2) is 10.9 Å². The van der Waals surface area contributed by atoms with E-state index in [1.807, 2.05) is 0 Å². The van der Waals surface area contributed by atoms with E-state index in [1.165, 1.54) is 17.4 Å². The normalized spacial score (nSPS) is 11.5. The molecule has 0 unspecified atom stereocenters. The van der Waals surface area contributed by atoms with Crippen molar-refractivity contribution in [3.8, 4) is 0 Å². The number of aromatic nitrogens is 1. The largest absolute Gasteiger partial charge is 0.417 e. The third-order valence-corrected chi connectivity index (χ3v) is 3.99. The third kappa shape index (κ3) is 3.95. The van der Waals surface area contributed by atoms with Crippen LogP contribution in [0.2, 0.25) is 5.02 Å². The molecule has 2 aromatic rings. The number of nitrogens with one attached hydrogen (secondary N) is 1. The van der Waals surface area contributed by atoms with Crippen LogP contribution in [0, 0.1) is 6.92 Å². The molecule has 3 nitrogen and oxygen atoms in total. The number of benzene rings is 1. The van der Waals surface area contributed by atoms with Crippen molar-refractivity contribution in [2.24, 2.45) is 0 Å². The average molecular weight is 335 g/mol. The highest BCUT2D eigenvalue weighted by atomic mass is 35.5. The molecule has 0 bridgehead atoms. The molecular weight excluding hydrogens is 325 g/mol. The highest BCUT2D eigenvalue weighted by Gasteiger charge is 2.33. The van der Waals surface area contributed by atoms with Crippen LogP contribution in [0.25, 0.3) is 0 Å². The van der Waals surface area contributed by atoms with Crippen molar-refractivity contribution in [1.29, 1.82) is 0 Å². The first-order valence-electron chi connectivity index (χ1n) is 5.83. The lowest BCUT2D eigenvalue weighted by molar-refractivity contribution is -0.137. The number of thiazole rings is 1. The molecule has 2 rings (SSSR count). The van der Waals surface area contributed by atoms with Crippen molar-refractivity contribution in [3.63, 3.8) is 0 Å². The number of anilines is 1. The van der Waals surface area contributed by atoms with Crippen LogP contribution in [-0.2, 0) is 17.4 Å². The molecule has 21 heavy (non-hydrogen) atoms. The number of rotatable bonds is 3. The summed E-state index contributed by atoms with van der Waals surface area (Å²) in [5.41, 5.74) is 1.43. The Morgan fingerprint density at radius 1 is 1.43 bits per heavy atom. The van der Waals surface area contributed by atoms with Crippen molar-refractivity contribution in [2.45, 2.75) is 19.5 Å². The molecule has 0 saturated heterocycles. The van der Waals surface area contributed by atoms with E-state index in [-0.39, 0.29) is 12.1 Å². The first kappa shape index (κ1) is 15.8. The van der Waals surface area contributed by atoms with E-state index >= 15 is 0 Å². The zero-order chi connectivity index (χ0) is 15.6. The summed E-state index contributed by atoms with van der Waals surface area (Å²) in [6.07, 6.45) is -4.49.